The van der Waals surface area contributed by atoms with Gasteiger partial charge in [0.1, 0.15) is 11.9 Å². The first-order chi connectivity index (χ1) is 12.1. The summed E-state index contributed by atoms with van der Waals surface area (Å²) in [5.74, 6) is -0.549. The Labute approximate surface area is 147 Å². The van der Waals surface area contributed by atoms with Gasteiger partial charge < -0.3 is 5.11 Å². The fourth-order valence-electron chi connectivity index (χ4n) is 4.50. The van der Waals surface area contributed by atoms with Gasteiger partial charge in [0.05, 0.1) is 11.2 Å². The maximum Gasteiger partial charge on any atom is 0.141 e. The molecule has 25 heavy (non-hydrogen) atoms. The summed E-state index contributed by atoms with van der Waals surface area (Å²) in [5.41, 5.74) is 0.903. The molecule has 2 fully saturated rings. The van der Waals surface area contributed by atoms with E-state index in [2.05, 4.69) is 29.2 Å². The molecule has 4 heteroatoms. The number of nitriles is 1. The topological polar surface area (TPSA) is 47.3 Å². The van der Waals surface area contributed by atoms with Crippen molar-refractivity contribution in [3.63, 3.8) is 0 Å². The molecule has 3 nitrogen and oxygen atoms in total. The third-order valence-electron chi connectivity index (χ3n) is 5.75. The van der Waals surface area contributed by atoms with Crippen molar-refractivity contribution in [3.05, 3.63) is 71.0 Å². The first-order valence-corrected chi connectivity index (χ1v) is 8.81. The Bertz CT molecular complexity index is 800. The predicted molar refractivity (Wildman–Crippen MR) is 93.0 cm³/mol. The van der Waals surface area contributed by atoms with Crippen LogP contribution in [0.1, 0.15) is 42.4 Å². The first kappa shape index (κ1) is 16.3. The van der Waals surface area contributed by atoms with Gasteiger partial charge in [0.25, 0.3) is 0 Å². The van der Waals surface area contributed by atoms with E-state index in [1.54, 1.807) is 6.07 Å². The molecule has 2 heterocycles. The summed E-state index contributed by atoms with van der Waals surface area (Å²) >= 11 is 0. The van der Waals surface area contributed by atoms with Crippen LogP contribution in [-0.2, 0) is 12.1 Å². The van der Waals surface area contributed by atoms with Crippen LogP contribution in [0.2, 0.25) is 0 Å². The highest BCUT2D eigenvalue weighted by Gasteiger charge is 2.48. The van der Waals surface area contributed by atoms with E-state index in [9.17, 15) is 9.50 Å². The van der Waals surface area contributed by atoms with E-state index in [1.165, 1.54) is 17.7 Å². The summed E-state index contributed by atoms with van der Waals surface area (Å²) in [6.07, 6.45) is 3.36. The van der Waals surface area contributed by atoms with Gasteiger partial charge in [0.15, 0.2) is 0 Å². The number of benzene rings is 2. The van der Waals surface area contributed by atoms with Gasteiger partial charge in [-0.05, 0) is 48.9 Å². The van der Waals surface area contributed by atoms with Crippen LogP contribution in [0.25, 0.3) is 0 Å². The number of nitrogens with zero attached hydrogens (tertiary/aromatic N) is 2. The van der Waals surface area contributed by atoms with E-state index in [0.717, 1.165) is 19.4 Å². The molecule has 2 aromatic carbocycles. The van der Waals surface area contributed by atoms with Crippen molar-refractivity contribution in [2.24, 2.45) is 0 Å². The van der Waals surface area contributed by atoms with Crippen molar-refractivity contribution in [1.82, 2.24) is 4.90 Å². The molecule has 0 amide bonds. The highest BCUT2D eigenvalue weighted by Crippen LogP contribution is 2.46. The third kappa shape index (κ3) is 2.95. The first-order valence-electron chi connectivity index (χ1n) is 8.81. The van der Waals surface area contributed by atoms with Crippen molar-refractivity contribution in [1.29, 1.82) is 5.26 Å². The van der Waals surface area contributed by atoms with Gasteiger partial charge in [-0.25, -0.2) is 4.39 Å². The Morgan fingerprint density at radius 3 is 2.40 bits per heavy atom. The minimum atomic E-state index is -1.01. The van der Waals surface area contributed by atoms with Gasteiger partial charge in [-0.3, -0.25) is 4.90 Å². The zero-order valence-corrected chi connectivity index (χ0v) is 14.0. The summed E-state index contributed by atoms with van der Waals surface area (Å²) in [5, 5.41) is 20.1. The lowest BCUT2D eigenvalue weighted by Crippen LogP contribution is -2.49. The van der Waals surface area contributed by atoms with Crippen LogP contribution < -0.4 is 0 Å². The minimum absolute atomic E-state index is 0.0248. The molecule has 2 aliphatic heterocycles. The SMILES string of the molecule is N#Cc1ccc(C2(O)CC3CCC(C2)N3Cc2ccccc2)cc1F. The van der Waals surface area contributed by atoms with Gasteiger partial charge in [-0.1, -0.05) is 36.4 Å². The second kappa shape index (κ2) is 6.25. The van der Waals surface area contributed by atoms with Crippen molar-refractivity contribution < 1.29 is 9.50 Å². The molecule has 2 unspecified atom stereocenters. The average Bonchev–Trinajstić information content (AvgIpc) is 2.86. The number of aliphatic hydroxyl groups is 1. The molecular weight excluding hydrogens is 315 g/mol. The number of hydrogen-bond acceptors (Lipinski definition) is 3. The van der Waals surface area contributed by atoms with Gasteiger partial charge >= 0.3 is 0 Å². The lowest BCUT2D eigenvalue weighted by atomic mass is 9.80. The number of halogens is 1. The Morgan fingerprint density at radius 1 is 1.12 bits per heavy atom. The zero-order valence-electron chi connectivity index (χ0n) is 14.0. The molecular formula is C21H21FN2O. The fraction of sp³-hybridized carbons (Fsp3) is 0.381. The summed E-state index contributed by atoms with van der Waals surface area (Å²) in [6, 6.07) is 17.4. The highest BCUT2D eigenvalue weighted by atomic mass is 19.1. The summed E-state index contributed by atoms with van der Waals surface area (Å²) in [6.45, 7) is 0.897. The highest BCUT2D eigenvalue weighted by molar-refractivity contribution is 5.36. The zero-order chi connectivity index (χ0) is 17.4. The Balaban J connectivity index is 1.56. The molecule has 0 saturated carbocycles. The molecule has 0 spiro atoms. The molecule has 128 valence electrons. The molecule has 0 aliphatic carbocycles. The van der Waals surface area contributed by atoms with Crippen molar-refractivity contribution in [2.75, 3.05) is 0 Å². The second-order valence-corrected chi connectivity index (χ2v) is 7.29. The number of fused-ring (bicyclic) bond motifs is 2. The number of hydrogen-bond donors (Lipinski definition) is 1. The van der Waals surface area contributed by atoms with E-state index in [1.807, 2.05) is 12.1 Å². The number of piperidine rings is 1. The van der Waals surface area contributed by atoms with Gasteiger partial charge in [0, 0.05) is 18.6 Å². The van der Waals surface area contributed by atoms with Crippen LogP contribution in [0, 0.1) is 17.1 Å². The van der Waals surface area contributed by atoms with E-state index < -0.39 is 11.4 Å². The molecule has 0 aromatic heterocycles. The van der Waals surface area contributed by atoms with Crippen LogP contribution in [0.15, 0.2) is 48.5 Å². The normalized spacial score (nSPS) is 28.7. The lowest BCUT2D eigenvalue weighted by Gasteiger charge is -2.44. The molecule has 0 radical (unpaired) electrons. The van der Waals surface area contributed by atoms with Gasteiger partial charge in [0.2, 0.25) is 0 Å². The van der Waals surface area contributed by atoms with E-state index >= 15 is 0 Å². The van der Waals surface area contributed by atoms with Crippen LogP contribution >= 0.6 is 0 Å². The second-order valence-electron chi connectivity index (χ2n) is 7.29. The van der Waals surface area contributed by atoms with Crippen LogP contribution in [0.4, 0.5) is 4.39 Å². The Hall–Kier alpha value is -2.22. The van der Waals surface area contributed by atoms with Crippen molar-refractivity contribution in [2.45, 2.75) is 49.9 Å². The van der Waals surface area contributed by atoms with Crippen molar-refractivity contribution in [3.8, 4) is 6.07 Å². The molecule has 1 N–H and O–H groups in total. The fourth-order valence-corrected chi connectivity index (χ4v) is 4.50. The molecule has 4 rings (SSSR count). The smallest absolute Gasteiger partial charge is 0.141 e. The molecule has 2 aliphatic rings. The minimum Gasteiger partial charge on any atom is -0.385 e. The molecule has 2 saturated heterocycles. The van der Waals surface area contributed by atoms with Crippen LogP contribution in [0.5, 0.6) is 0 Å². The quantitative estimate of drug-likeness (QED) is 0.929. The average molecular weight is 336 g/mol. The molecule has 2 aromatic rings. The molecule has 2 bridgehead atoms. The van der Waals surface area contributed by atoms with Crippen LogP contribution in [-0.4, -0.2) is 22.1 Å². The van der Waals surface area contributed by atoms with Crippen LogP contribution in [0.3, 0.4) is 0 Å². The monoisotopic (exact) mass is 336 g/mol. The summed E-state index contributed by atoms with van der Waals surface area (Å²) < 4.78 is 14.0. The Kier molecular flexibility index (Phi) is 4.07. The standard InChI is InChI=1S/C21H21FN2O/c22-20-10-17(7-6-16(20)13-23)21(25)11-18-8-9-19(12-21)24(18)14-15-4-2-1-3-5-15/h1-7,10,18-19,25H,8-9,11-12,14H2. The predicted octanol–water partition coefficient (Wildman–Crippen LogP) is 3.71. The van der Waals surface area contributed by atoms with E-state index in [4.69, 9.17) is 5.26 Å². The maximum absolute atomic E-state index is 14.0. The van der Waals surface area contributed by atoms with Crippen molar-refractivity contribution >= 4 is 0 Å². The number of rotatable bonds is 3. The third-order valence-corrected chi connectivity index (χ3v) is 5.75. The van der Waals surface area contributed by atoms with Gasteiger partial charge in [-0.2, -0.15) is 5.26 Å². The van der Waals surface area contributed by atoms with E-state index in [0.29, 0.717) is 30.5 Å². The maximum atomic E-state index is 14.0. The molecule has 2 atom stereocenters. The van der Waals surface area contributed by atoms with E-state index in [-0.39, 0.29) is 5.56 Å². The lowest BCUT2D eigenvalue weighted by molar-refractivity contribution is -0.0596. The summed E-state index contributed by atoms with van der Waals surface area (Å²) in [7, 11) is 0. The largest absolute Gasteiger partial charge is 0.385 e. The summed E-state index contributed by atoms with van der Waals surface area (Å²) in [4.78, 5) is 2.49. The Morgan fingerprint density at radius 2 is 1.80 bits per heavy atom. The van der Waals surface area contributed by atoms with Gasteiger partial charge in [-0.15, -0.1) is 0 Å².